The number of halogens is 1. The largest absolute Gasteiger partial charge is 0.494 e. The van der Waals surface area contributed by atoms with Crippen molar-refractivity contribution >= 4 is 32.8 Å². The molecule has 0 aliphatic carbocycles. The Hall–Kier alpha value is -1.49. The molecule has 1 heterocycles. The van der Waals surface area contributed by atoms with Crippen LogP contribution in [0.15, 0.2) is 22.7 Å². The van der Waals surface area contributed by atoms with Gasteiger partial charge >= 0.3 is 5.97 Å². The molecular weight excluding hydrogens is 286 g/mol. The third-order valence-electron chi connectivity index (χ3n) is 2.42. The van der Waals surface area contributed by atoms with E-state index in [-0.39, 0.29) is 0 Å². The molecule has 0 fully saturated rings. The molecule has 0 bridgehead atoms. The Kier molecular flexibility index (Phi) is 3.38. The van der Waals surface area contributed by atoms with Gasteiger partial charge in [0.05, 0.1) is 19.2 Å². The summed E-state index contributed by atoms with van der Waals surface area (Å²) in [6.07, 6.45) is 0. The molecule has 0 saturated carbocycles. The van der Waals surface area contributed by atoms with Crippen LogP contribution in [0, 0.1) is 0 Å². The Morgan fingerprint density at radius 2 is 2.24 bits per heavy atom. The normalized spacial score (nSPS) is 10.5. The van der Waals surface area contributed by atoms with Crippen molar-refractivity contribution < 1.29 is 14.3 Å². The van der Waals surface area contributed by atoms with Crippen molar-refractivity contribution in [2.24, 2.45) is 0 Å². The lowest BCUT2D eigenvalue weighted by atomic mass is 10.2. The van der Waals surface area contributed by atoms with E-state index in [0.717, 1.165) is 15.4 Å². The lowest BCUT2D eigenvalue weighted by Crippen LogP contribution is -2.06. The Morgan fingerprint density at radius 3 is 2.88 bits per heavy atom. The average molecular weight is 298 g/mol. The maximum atomic E-state index is 11.8. The number of aromatic amines is 1. The minimum Gasteiger partial charge on any atom is -0.494 e. The molecule has 0 spiro atoms. The van der Waals surface area contributed by atoms with Crippen LogP contribution >= 0.6 is 15.9 Å². The molecular formula is C12H12BrNO3. The Morgan fingerprint density at radius 1 is 1.47 bits per heavy atom. The number of aromatic nitrogens is 1. The zero-order chi connectivity index (χ0) is 12.4. The van der Waals surface area contributed by atoms with Crippen LogP contribution in [0.4, 0.5) is 0 Å². The Labute approximate surface area is 107 Å². The van der Waals surface area contributed by atoms with Gasteiger partial charge in [-0.15, -0.1) is 0 Å². The summed E-state index contributed by atoms with van der Waals surface area (Å²) in [5.41, 5.74) is 1.17. The molecule has 5 heteroatoms. The van der Waals surface area contributed by atoms with E-state index >= 15 is 0 Å². The fourth-order valence-corrected chi connectivity index (χ4v) is 2.18. The minimum absolute atomic E-state index is 0.332. The van der Waals surface area contributed by atoms with Crippen molar-refractivity contribution in [3.63, 3.8) is 0 Å². The second-order valence-corrected chi connectivity index (χ2v) is 4.27. The molecule has 0 aliphatic heterocycles. The fraction of sp³-hybridized carbons (Fsp3) is 0.250. The van der Waals surface area contributed by atoms with Gasteiger partial charge < -0.3 is 14.5 Å². The highest BCUT2D eigenvalue weighted by atomic mass is 79.9. The summed E-state index contributed by atoms with van der Waals surface area (Å²) in [6.45, 7) is 2.10. The van der Waals surface area contributed by atoms with E-state index in [2.05, 4.69) is 20.9 Å². The van der Waals surface area contributed by atoms with E-state index in [4.69, 9.17) is 9.47 Å². The molecule has 2 aromatic rings. The van der Waals surface area contributed by atoms with Crippen LogP contribution in [0.25, 0.3) is 10.9 Å². The lowest BCUT2D eigenvalue weighted by Gasteiger charge is -2.02. The molecule has 0 radical (unpaired) electrons. The van der Waals surface area contributed by atoms with Crippen molar-refractivity contribution in [3.05, 3.63) is 28.4 Å². The van der Waals surface area contributed by atoms with Gasteiger partial charge in [-0.05, 0) is 35.0 Å². The van der Waals surface area contributed by atoms with Crippen molar-refractivity contribution in [3.8, 4) is 5.75 Å². The number of hydrogen-bond donors (Lipinski definition) is 1. The van der Waals surface area contributed by atoms with Gasteiger partial charge in [0.25, 0.3) is 0 Å². The van der Waals surface area contributed by atoms with E-state index in [9.17, 15) is 4.79 Å². The van der Waals surface area contributed by atoms with Crippen LogP contribution in [-0.2, 0) is 4.74 Å². The quantitative estimate of drug-likeness (QED) is 0.886. The SMILES string of the molecule is CCOC(=O)c1[nH]c2c(Br)cccc2c1OC. The number of rotatable bonds is 3. The third-order valence-corrected chi connectivity index (χ3v) is 3.08. The maximum Gasteiger partial charge on any atom is 0.358 e. The van der Waals surface area contributed by atoms with Crippen molar-refractivity contribution in [1.29, 1.82) is 0 Å². The van der Waals surface area contributed by atoms with Crippen molar-refractivity contribution in [2.75, 3.05) is 13.7 Å². The van der Waals surface area contributed by atoms with E-state index in [1.54, 1.807) is 6.92 Å². The molecule has 0 atom stereocenters. The molecule has 90 valence electrons. The zero-order valence-electron chi connectivity index (χ0n) is 9.54. The van der Waals surface area contributed by atoms with Crippen LogP contribution in [0.2, 0.25) is 0 Å². The van der Waals surface area contributed by atoms with Crippen LogP contribution < -0.4 is 4.74 Å². The van der Waals surface area contributed by atoms with Gasteiger partial charge in [0.1, 0.15) is 0 Å². The van der Waals surface area contributed by atoms with Gasteiger partial charge in [-0.25, -0.2) is 4.79 Å². The van der Waals surface area contributed by atoms with Crippen LogP contribution in [0.5, 0.6) is 5.75 Å². The van der Waals surface area contributed by atoms with Crippen molar-refractivity contribution in [2.45, 2.75) is 6.92 Å². The molecule has 1 aromatic heterocycles. The number of carbonyl (C=O) groups is 1. The average Bonchev–Trinajstić information content (AvgIpc) is 2.69. The molecule has 1 aromatic carbocycles. The minimum atomic E-state index is -0.410. The van der Waals surface area contributed by atoms with E-state index in [1.165, 1.54) is 7.11 Å². The number of H-pyrrole nitrogens is 1. The highest BCUT2D eigenvalue weighted by Crippen LogP contribution is 2.34. The van der Waals surface area contributed by atoms with Gasteiger partial charge in [-0.3, -0.25) is 0 Å². The highest BCUT2D eigenvalue weighted by Gasteiger charge is 2.20. The number of benzene rings is 1. The molecule has 1 N–H and O–H groups in total. The summed E-state index contributed by atoms with van der Waals surface area (Å²) < 4.78 is 11.1. The van der Waals surface area contributed by atoms with Gasteiger partial charge in [0.15, 0.2) is 11.4 Å². The highest BCUT2D eigenvalue weighted by molar-refractivity contribution is 9.10. The van der Waals surface area contributed by atoms with Crippen LogP contribution in [-0.4, -0.2) is 24.7 Å². The van der Waals surface area contributed by atoms with Crippen LogP contribution in [0.1, 0.15) is 17.4 Å². The summed E-state index contributed by atoms with van der Waals surface area (Å²) in [5, 5.41) is 0.852. The summed E-state index contributed by atoms with van der Waals surface area (Å²) in [6, 6.07) is 5.67. The number of hydrogen-bond acceptors (Lipinski definition) is 3. The number of nitrogens with one attached hydrogen (secondary N) is 1. The smallest absolute Gasteiger partial charge is 0.358 e. The summed E-state index contributed by atoms with van der Waals surface area (Å²) in [5.74, 6) is 0.104. The predicted molar refractivity (Wildman–Crippen MR) is 68.5 cm³/mol. The Balaban J connectivity index is 2.63. The van der Waals surface area contributed by atoms with Gasteiger partial charge in [0.2, 0.25) is 0 Å². The molecule has 0 amide bonds. The molecule has 17 heavy (non-hydrogen) atoms. The van der Waals surface area contributed by atoms with Gasteiger partial charge in [-0.2, -0.15) is 0 Å². The van der Waals surface area contributed by atoms with Crippen LogP contribution in [0.3, 0.4) is 0 Å². The molecule has 0 saturated heterocycles. The zero-order valence-corrected chi connectivity index (χ0v) is 11.1. The van der Waals surface area contributed by atoms with Gasteiger partial charge in [-0.1, -0.05) is 6.07 Å². The lowest BCUT2D eigenvalue weighted by molar-refractivity contribution is 0.0517. The second-order valence-electron chi connectivity index (χ2n) is 3.42. The first-order valence-corrected chi connectivity index (χ1v) is 5.99. The molecule has 4 nitrogen and oxygen atoms in total. The standard InChI is InChI=1S/C12H12BrNO3/c1-3-17-12(15)10-11(16-2)7-5-4-6-8(13)9(7)14-10/h4-6,14H,3H2,1-2H3. The summed E-state index contributed by atoms with van der Waals surface area (Å²) in [4.78, 5) is 14.8. The topological polar surface area (TPSA) is 51.3 Å². The third kappa shape index (κ3) is 2.02. The molecule has 0 unspecified atom stereocenters. The van der Waals surface area contributed by atoms with E-state index in [0.29, 0.717) is 18.1 Å². The number of fused-ring (bicyclic) bond motifs is 1. The molecule has 0 aliphatic rings. The van der Waals surface area contributed by atoms with E-state index < -0.39 is 5.97 Å². The number of ether oxygens (including phenoxy) is 2. The fourth-order valence-electron chi connectivity index (χ4n) is 1.72. The Bertz CT molecular complexity index is 562. The number of esters is 1. The first-order valence-electron chi connectivity index (χ1n) is 5.20. The predicted octanol–water partition coefficient (Wildman–Crippen LogP) is 3.12. The maximum absolute atomic E-state index is 11.8. The molecule has 2 rings (SSSR count). The number of carbonyl (C=O) groups excluding carboxylic acids is 1. The second kappa shape index (κ2) is 4.79. The summed E-state index contributed by atoms with van der Waals surface area (Å²) >= 11 is 3.42. The van der Waals surface area contributed by atoms with Gasteiger partial charge in [0, 0.05) is 9.86 Å². The summed E-state index contributed by atoms with van der Waals surface area (Å²) in [7, 11) is 1.53. The monoisotopic (exact) mass is 297 g/mol. The first kappa shape index (κ1) is 12.0. The number of methoxy groups -OCH3 is 1. The number of para-hydroxylation sites is 1. The van der Waals surface area contributed by atoms with Crippen molar-refractivity contribution in [1.82, 2.24) is 4.98 Å². The van der Waals surface area contributed by atoms with E-state index in [1.807, 2.05) is 18.2 Å². The first-order chi connectivity index (χ1) is 8.19.